The summed E-state index contributed by atoms with van der Waals surface area (Å²) >= 11 is 1.35. The quantitative estimate of drug-likeness (QED) is 0.727. The first kappa shape index (κ1) is 8.49. The van der Waals surface area contributed by atoms with E-state index in [0.717, 1.165) is 17.7 Å². The van der Waals surface area contributed by atoms with E-state index in [1.807, 2.05) is 6.92 Å². The van der Waals surface area contributed by atoms with Gasteiger partial charge in [-0.3, -0.25) is 0 Å². The van der Waals surface area contributed by atoms with E-state index in [4.69, 9.17) is 5.73 Å². The first-order valence-electron chi connectivity index (χ1n) is 3.63. The van der Waals surface area contributed by atoms with E-state index in [1.165, 1.54) is 11.3 Å². The van der Waals surface area contributed by atoms with Crippen LogP contribution in [-0.4, -0.2) is 10.1 Å². The molecule has 1 atom stereocenters. The van der Waals surface area contributed by atoms with Gasteiger partial charge >= 0.3 is 0 Å². The Balaban J connectivity index is 2.60. The Hall–Kier alpha value is -0.610. The molecule has 0 saturated heterocycles. The molecule has 0 bridgehead atoms. The summed E-state index contributed by atoms with van der Waals surface area (Å²) in [4.78, 5) is 4.72. The summed E-state index contributed by atoms with van der Waals surface area (Å²) in [5.74, 6) is 0. The molecule has 1 unspecified atom stereocenters. The van der Waals surface area contributed by atoms with E-state index >= 15 is 0 Å². The highest BCUT2D eigenvalue weighted by Gasteiger charge is 2.08. The Kier molecular flexibility index (Phi) is 2.84. The van der Waals surface area contributed by atoms with Crippen LogP contribution in [0.2, 0.25) is 0 Å². The smallest absolute Gasteiger partial charge is 0.180 e. The van der Waals surface area contributed by atoms with Crippen molar-refractivity contribution < 1.29 is 5.11 Å². The van der Waals surface area contributed by atoms with Crippen molar-refractivity contribution >= 4 is 16.5 Å². The van der Waals surface area contributed by atoms with Gasteiger partial charge < -0.3 is 10.8 Å². The molecule has 0 amide bonds. The number of thiazole rings is 1. The number of rotatable bonds is 3. The van der Waals surface area contributed by atoms with Crippen LogP contribution in [0.5, 0.6) is 0 Å². The van der Waals surface area contributed by atoms with E-state index < -0.39 is 0 Å². The molecule has 62 valence electrons. The van der Waals surface area contributed by atoms with Gasteiger partial charge in [-0.25, -0.2) is 4.98 Å². The minimum atomic E-state index is -0.380. The lowest BCUT2D eigenvalue weighted by Gasteiger charge is -2.03. The molecule has 11 heavy (non-hydrogen) atoms. The van der Waals surface area contributed by atoms with Gasteiger partial charge in [0.1, 0.15) is 0 Å². The molecular formula is C7H12N2OS. The lowest BCUT2D eigenvalue weighted by Crippen LogP contribution is -1.92. The zero-order valence-electron chi connectivity index (χ0n) is 6.45. The van der Waals surface area contributed by atoms with Crippen LogP contribution in [0.15, 0.2) is 6.20 Å². The molecule has 0 fully saturated rings. The summed E-state index contributed by atoms with van der Waals surface area (Å²) in [6.07, 6.45) is 3.01. The summed E-state index contributed by atoms with van der Waals surface area (Å²) in [6.45, 7) is 2.04. The Morgan fingerprint density at radius 1 is 1.82 bits per heavy atom. The maximum absolute atomic E-state index is 9.45. The Bertz CT molecular complexity index is 224. The zero-order valence-corrected chi connectivity index (χ0v) is 7.27. The van der Waals surface area contributed by atoms with Gasteiger partial charge in [0.25, 0.3) is 0 Å². The highest BCUT2D eigenvalue weighted by Crippen LogP contribution is 2.24. The van der Waals surface area contributed by atoms with Gasteiger partial charge in [-0.05, 0) is 6.42 Å². The van der Waals surface area contributed by atoms with Crippen LogP contribution >= 0.6 is 11.3 Å². The topological polar surface area (TPSA) is 59.1 Å². The maximum atomic E-state index is 9.45. The van der Waals surface area contributed by atoms with E-state index in [9.17, 15) is 5.11 Å². The predicted octanol–water partition coefficient (Wildman–Crippen LogP) is 1.56. The second-order valence-electron chi connectivity index (χ2n) is 2.41. The van der Waals surface area contributed by atoms with Crippen molar-refractivity contribution in [2.45, 2.75) is 25.9 Å². The number of nitrogens with two attached hydrogens (primary N) is 1. The van der Waals surface area contributed by atoms with Crippen LogP contribution in [0.1, 0.15) is 30.7 Å². The summed E-state index contributed by atoms with van der Waals surface area (Å²) in [5.41, 5.74) is 5.41. The minimum absolute atomic E-state index is 0.380. The number of anilines is 1. The molecule has 0 aromatic carbocycles. The average molecular weight is 172 g/mol. The monoisotopic (exact) mass is 172 g/mol. The highest BCUT2D eigenvalue weighted by molar-refractivity contribution is 7.15. The molecule has 0 spiro atoms. The van der Waals surface area contributed by atoms with Gasteiger partial charge in [-0.2, -0.15) is 0 Å². The van der Waals surface area contributed by atoms with Crippen molar-refractivity contribution in [1.29, 1.82) is 0 Å². The van der Waals surface area contributed by atoms with Crippen LogP contribution in [0.25, 0.3) is 0 Å². The molecule has 3 nitrogen and oxygen atoms in total. The van der Waals surface area contributed by atoms with Crippen molar-refractivity contribution in [3.63, 3.8) is 0 Å². The third-order valence-corrected chi connectivity index (χ3v) is 2.36. The van der Waals surface area contributed by atoms with Gasteiger partial charge in [-0.15, -0.1) is 0 Å². The third kappa shape index (κ3) is 2.17. The second-order valence-corrected chi connectivity index (χ2v) is 3.50. The molecule has 0 aliphatic heterocycles. The summed E-state index contributed by atoms with van der Waals surface area (Å²) in [7, 11) is 0. The van der Waals surface area contributed by atoms with Crippen molar-refractivity contribution in [2.75, 3.05) is 5.73 Å². The molecule has 0 aliphatic carbocycles. The van der Waals surface area contributed by atoms with Crippen molar-refractivity contribution in [3.8, 4) is 0 Å². The normalized spacial score (nSPS) is 13.3. The van der Waals surface area contributed by atoms with Gasteiger partial charge in [-0.1, -0.05) is 24.7 Å². The molecule has 0 aliphatic rings. The van der Waals surface area contributed by atoms with Gasteiger partial charge in [0, 0.05) is 6.20 Å². The fourth-order valence-corrected chi connectivity index (χ4v) is 1.58. The standard InChI is InChI=1S/C7H12N2OS/c1-2-3-5(10)6-4-9-7(8)11-6/h4-5,10H,2-3H2,1H3,(H2,8,9). The molecule has 0 radical (unpaired) electrons. The molecule has 3 N–H and O–H groups in total. The van der Waals surface area contributed by atoms with E-state index in [2.05, 4.69) is 4.98 Å². The highest BCUT2D eigenvalue weighted by atomic mass is 32.1. The average Bonchev–Trinajstić information content (AvgIpc) is 2.36. The van der Waals surface area contributed by atoms with Gasteiger partial charge in [0.05, 0.1) is 11.0 Å². The minimum Gasteiger partial charge on any atom is -0.388 e. The van der Waals surface area contributed by atoms with E-state index in [0.29, 0.717) is 5.13 Å². The van der Waals surface area contributed by atoms with Crippen LogP contribution in [0, 0.1) is 0 Å². The second kappa shape index (κ2) is 3.69. The number of nitrogen functional groups attached to an aromatic ring is 1. The summed E-state index contributed by atoms with van der Waals surface area (Å²) < 4.78 is 0. The fourth-order valence-electron chi connectivity index (χ4n) is 0.870. The number of aliphatic hydroxyl groups is 1. The first-order valence-corrected chi connectivity index (χ1v) is 4.45. The number of aromatic nitrogens is 1. The van der Waals surface area contributed by atoms with Crippen molar-refractivity contribution in [1.82, 2.24) is 4.98 Å². The van der Waals surface area contributed by atoms with Crippen LogP contribution in [0.4, 0.5) is 5.13 Å². The lowest BCUT2D eigenvalue weighted by atomic mass is 10.2. The Morgan fingerprint density at radius 2 is 2.55 bits per heavy atom. The molecule has 1 heterocycles. The summed E-state index contributed by atoms with van der Waals surface area (Å²) in [6, 6.07) is 0. The fraction of sp³-hybridized carbons (Fsp3) is 0.571. The van der Waals surface area contributed by atoms with E-state index in [1.54, 1.807) is 6.20 Å². The predicted molar refractivity (Wildman–Crippen MR) is 46.4 cm³/mol. The number of aliphatic hydroxyl groups excluding tert-OH is 1. The van der Waals surface area contributed by atoms with Crippen LogP contribution < -0.4 is 5.73 Å². The number of nitrogens with zero attached hydrogens (tertiary/aromatic N) is 1. The molecule has 1 aromatic heterocycles. The van der Waals surface area contributed by atoms with Crippen molar-refractivity contribution in [2.24, 2.45) is 0 Å². The maximum Gasteiger partial charge on any atom is 0.180 e. The molecule has 1 aromatic rings. The molecule has 1 rings (SSSR count). The van der Waals surface area contributed by atoms with Crippen LogP contribution in [-0.2, 0) is 0 Å². The molecular weight excluding hydrogens is 160 g/mol. The number of hydrogen-bond donors (Lipinski definition) is 2. The van der Waals surface area contributed by atoms with Gasteiger partial charge in [0.2, 0.25) is 0 Å². The summed E-state index contributed by atoms with van der Waals surface area (Å²) in [5, 5.41) is 9.97. The Labute approximate surface area is 69.9 Å². The SMILES string of the molecule is CCCC(O)c1cnc(N)s1. The molecule has 4 heteroatoms. The first-order chi connectivity index (χ1) is 5.24. The van der Waals surface area contributed by atoms with E-state index in [-0.39, 0.29) is 6.10 Å². The van der Waals surface area contributed by atoms with Crippen LogP contribution in [0.3, 0.4) is 0 Å². The zero-order chi connectivity index (χ0) is 8.27. The Morgan fingerprint density at radius 3 is 3.00 bits per heavy atom. The van der Waals surface area contributed by atoms with Gasteiger partial charge in [0.15, 0.2) is 5.13 Å². The lowest BCUT2D eigenvalue weighted by molar-refractivity contribution is 0.170. The third-order valence-electron chi connectivity index (χ3n) is 1.43. The molecule has 0 saturated carbocycles. The number of hydrogen-bond acceptors (Lipinski definition) is 4. The van der Waals surface area contributed by atoms with Crippen molar-refractivity contribution in [3.05, 3.63) is 11.1 Å². The largest absolute Gasteiger partial charge is 0.388 e.